The molecule has 21 heavy (non-hydrogen) atoms. The number of carbonyl (C=O) groups excluding carboxylic acids is 1. The van der Waals surface area contributed by atoms with Crippen molar-refractivity contribution in [3.05, 3.63) is 27.7 Å². The van der Waals surface area contributed by atoms with E-state index in [1.165, 1.54) is 18.6 Å². The maximum absolute atomic E-state index is 12.2. The second-order valence-electron chi connectivity index (χ2n) is 5.76. The average Bonchev–Trinajstić information content (AvgIpc) is 2.50. The van der Waals surface area contributed by atoms with E-state index in [0.717, 1.165) is 25.7 Å². The van der Waals surface area contributed by atoms with Gasteiger partial charge in [0, 0.05) is 17.5 Å². The Hall–Kier alpha value is -0.970. The number of carbonyl (C=O) groups is 1. The quantitative estimate of drug-likeness (QED) is 0.742. The van der Waals surface area contributed by atoms with Crippen molar-refractivity contribution in [1.29, 1.82) is 0 Å². The number of nitrogens with two attached hydrogens (primary N) is 1. The van der Waals surface area contributed by atoms with Gasteiger partial charge in [-0.25, -0.2) is 0 Å². The molecule has 0 heterocycles. The van der Waals surface area contributed by atoms with Gasteiger partial charge in [-0.1, -0.05) is 42.5 Å². The van der Waals surface area contributed by atoms with Crippen LogP contribution in [0.15, 0.2) is 12.1 Å². The van der Waals surface area contributed by atoms with Gasteiger partial charge in [-0.15, -0.1) is 0 Å². The van der Waals surface area contributed by atoms with Gasteiger partial charge in [0.1, 0.15) is 0 Å². The van der Waals surface area contributed by atoms with E-state index in [1.807, 2.05) is 0 Å². The molecule has 0 unspecified atom stereocenters. The van der Waals surface area contributed by atoms with Crippen LogP contribution < -0.4 is 11.1 Å². The maximum Gasteiger partial charge on any atom is 0.251 e. The van der Waals surface area contributed by atoms with E-state index >= 15 is 0 Å². The van der Waals surface area contributed by atoms with Gasteiger partial charge < -0.3 is 16.2 Å². The van der Waals surface area contributed by atoms with Crippen LogP contribution in [-0.4, -0.2) is 24.2 Å². The zero-order valence-corrected chi connectivity index (χ0v) is 13.3. The first kappa shape index (κ1) is 16.4. The molecule has 1 fully saturated rings. The van der Waals surface area contributed by atoms with Gasteiger partial charge in [-0.3, -0.25) is 4.79 Å². The molecule has 1 saturated carbocycles. The molecule has 1 amide bonds. The van der Waals surface area contributed by atoms with Crippen molar-refractivity contribution in [1.82, 2.24) is 5.32 Å². The van der Waals surface area contributed by atoms with E-state index in [1.54, 1.807) is 0 Å². The summed E-state index contributed by atoms with van der Waals surface area (Å²) in [5.74, 6) is -0.251. The van der Waals surface area contributed by atoms with Gasteiger partial charge >= 0.3 is 0 Å². The summed E-state index contributed by atoms with van der Waals surface area (Å²) in [5.41, 5.74) is 6.18. The number of aliphatic hydroxyl groups excluding tert-OH is 1. The van der Waals surface area contributed by atoms with Gasteiger partial charge in [-0.2, -0.15) is 0 Å². The third-order valence-corrected chi connectivity index (χ3v) is 5.01. The number of rotatable bonds is 4. The number of nitrogens with one attached hydrogen (secondary N) is 1. The molecular formula is C15H20Cl2N2O2. The summed E-state index contributed by atoms with van der Waals surface area (Å²) >= 11 is 11.8. The fraction of sp³-hybridized carbons (Fsp3) is 0.533. The predicted molar refractivity (Wildman–Crippen MR) is 85.8 cm³/mol. The number of anilines is 1. The van der Waals surface area contributed by atoms with Gasteiger partial charge in [0.15, 0.2) is 0 Å². The lowest BCUT2D eigenvalue weighted by molar-refractivity contribution is 0.0718. The third kappa shape index (κ3) is 3.82. The molecule has 1 aliphatic carbocycles. The number of nitrogen functional groups attached to an aromatic ring is 1. The summed E-state index contributed by atoms with van der Waals surface area (Å²) in [6.45, 7) is 0.555. The molecule has 2 rings (SSSR count). The van der Waals surface area contributed by atoms with Gasteiger partial charge in [0.25, 0.3) is 5.91 Å². The van der Waals surface area contributed by atoms with Crippen molar-refractivity contribution in [3.8, 4) is 0 Å². The second kappa shape index (κ2) is 6.86. The van der Waals surface area contributed by atoms with Crippen molar-refractivity contribution >= 4 is 34.8 Å². The van der Waals surface area contributed by atoms with E-state index in [9.17, 15) is 9.90 Å². The van der Waals surface area contributed by atoms with Crippen LogP contribution in [0.25, 0.3) is 0 Å². The molecular weight excluding hydrogens is 311 g/mol. The molecule has 0 aliphatic heterocycles. The summed E-state index contributed by atoms with van der Waals surface area (Å²) in [6.07, 6.45) is 5.26. The van der Waals surface area contributed by atoms with E-state index in [-0.39, 0.29) is 33.7 Å². The van der Waals surface area contributed by atoms with Gasteiger partial charge in [0.2, 0.25) is 0 Å². The molecule has 0 radical (unpaired) electrons. The molecule has 0 saturated heterocycles. The van der Waals surface area contributed by atoms with Crippen molar-refractivity contribution in [2.75, 3.05) is 18.9 Å². The van der Waals surface area contributed by atoms with Crippen LogP contribution in [0.4, 0.5) is 5.69 Å². The number of amides is 1. The Morgan fingerprint density at radius 2 is 1.95 bits per heavy atom. The number of hydrogen-bond donors (Lipinski definition) is 3. The van der Waals surface area contributed by atoms with Crippen LogP contribution in [0, 0.1) is 5.41 Å². The topological polar surface area (TPSA) is 75.4 Å². The lowest BCUT2D eigenvalue weighted by Crippen LogP contribution is -2.41. The minimum absolute atomic E-state index is 0.0940. The molecule has 1 aromatic carbocycles. The number of aliphatic hydroxyl groups is 1. The molecule has 0 atom stereocenters. The molecule has 4 N–H and O–H groups in total. The zero-order chi connectivity index (χ0) is 15.5. The number of hydrogen-bond acceptors (Lipinski definition) is 3. The minimum Gasteiger partial charge on any atom is -0.397 e. The van der Waals surface area contributed by atoms with Crippen molar-refractivity contribution in [3.63, 3.8) is 0 Å². The molecule has 0 spiro atoms. The lowest BCUT2D eigenvalue weighted by atomic mass is 9.74. The lowest BCUT2D eigenvalue weighted by Gasteiger charge is -2.35. The summed E-state index contributed by atoms with van der Waals surface area (Å²) in [4.78, 5) is 12.2. The van der Waals surface area contributed by atoms with E-state index in [4.69, 9.17) is 28.9 Å². The highest BCUT2D eigenvalue weighted by Gasteiger charge is 2.31. The average molecular weight is 331 g/mol. The number of halogens is 2. The Labute approximate surface area is 134 Å². The van der Waals surface area contributed by atoms with E-state index in [0.29, 0.717) is 12.1 Å². The second-order valence-corrected chi connectivity index (χ2v) is 6.55. The Morgan fingerprint density at radius 3 is 2.52 bits per heavy atom. The van der Waals surface area contributed by atoms with Crippen LogP contribution in [0.3, 0.4) is 0 Å². The van der Waals surface area contributed by atoms with E-state index < -0.39 is 0 Å². The first-order valence-corrected chi connectivity index (χ1v) is 7.87. The Balaban J connectivity index is 2.04. The summed E-state index contributed by atoms with van der Waals surface area (Å²) in [5, 5.41) is 13.0. The summed E-state index contributed by atoms with van der Waals surface area (Å²) < 4.78 is 0. The predicted octanol–water partition coefficient (Wildman–Crippen LogP) is 3.25. The fourth-order valence-electron chi connectivity index (χ4n) is 2.80. The van der Waals surface area contributed by atoms with Gasteiger partial charge in [0.05, 0.1) is 22.3 Å². The fourth-order valence-corrected chi connectivity index (χ4v) is 3.14. The molecule has 1 aromatic rings. The van der Waals surface area contributed by atoms with Crippen molar-refractivity contribution < 1.29 is 9.90 Å². The first-order valence-electron chi connectivity index (χ1n) is 7.11. The third-order valence-electron chi connectivity index (χ3n) is 4.19. The zero-order valence-electron chi connectivity index (χ0n) is 11.8. The highest BCUT2D eigenvalue weighted by Crippen LogP contribution is 2.35. The molecule has 6 heteroatoms. The molecule has 0 aromatic heterocycles. The minimum atomic E-state index is -0.251. The van der Waals surface area contributed by atoms with Crippen LogP contribution in [0.1, 0.15) is 42.5 Å². The highest BCUT2D eigenvalue weighted by molar-refractivity contribution is 6.43. The SMILES string of the molecule is Nc1cc(C(=O)NCC2(CO)CCCCC2)cc(Cl)c1Cl. The Bertz CT molecular complexity index is 505. The standard InChI is InChI=1S/C15H20Cl2N2O2/c16-11-6-10(7-12(18)13(11)17)14(21)19-8-15(9-20)4-2-1-3-5-15/h6-7,20H,1-5,8-9,18H2,(H,19,21). The van der Waals surface area contributed by atoms with Crippen LogP contribution in [0.5, 0.6) is 0 Å². The van der Waals surface area contributed by atoms with Crippen molar-refractivity contribution in [2.24, 2.45) is 5.41 Å². The number of benzene rings is 1. The largest absolute Gasteiger partial charge is 0.397 e. The van der Waals surface area contributed by atoms with Crippen molar-refractivity contribution in [2.45, 2.75) is 32.1 Å². The van der Waals surface area contributed by atoms with Gasteiger partial charge in [-0.05, 0) is 25.0 Å². The van der Waals surface area contributed by atoms with Crippen LogP contribution >= 0.6 is 23.2 Å². The smallest absolute Gasteiger partial charge is 0.251 e. The summed E-state index contributed by atoms with van der Waals surface area (Å²) in [6, 6.07) is 3.01. The Kier molecular flexibility index (Phi) is 5.36. The van der Waals surface area contributed by atoms with Crippen LogP contribution in [0.2, 0.25) is 10.0 Å². The molecule has 0 bridgehead atoms. The molecule has 4 nitrogen and oxygen atoms in total. The first-order chi connectivity index (χ1) is 9.97. The molecule has 116 valence electrons. The highest BCUT2D eigenvalue weighted by atomic mass is 35.5. The maximum atomic E-state index is 12.2. The van der Waals surface area contributed by atoms with E-state index in [2.05, 4.69) is 5.32 Å². The van der Waals surface area contributed by atoms with Crippen LogP contribution in [-0.2, 0) is 0 Å². The summed E-state index contributed by atoms with van der Waals surface area (Å²) in [7, 11) is 0. The normalized spacial score (nSPS) is 17.5. The molecule has 1 aliphatic rings. The monoisotopic (exact) mass is 330 g/mol. The Morgan fingerprint density at radius 1 is 1.29 bits per heavy atom.